The summed E-state index contributed by atoms with van der Waals surface area (Å²) in [4.78, 5) is 2.43. The molecule has 0 N–H and O–H groups in total. The lowest BCUT2D eigenvalue weighted by molar-refractivity contribution is 0.255. The smallest absolute Gasteiger partial charge is 0.118 e. The molecule has 1 heterocycles. The van der Waals surface area contributed by atoms with E-state index in [1.165, 1.54) is 32.4 Å². The predicted molar refractivity (Wildman–Crippen MR) is 77.4 cm³/mol. The van der Waals surface area contributed by atoms with E-state index in [2.05, 4.69) is 16.7 Å². The van der Waals surface area contributed by atoms with Crippen LogP contribution in [0, 0.1) is 11.8 Å². The van der Waals surface area contributed by atoms with Gasteiger partial charge < -0.3 is 4.74 Å². The molecule has 0 aromatic heterocycles. The van der Waals surface area contributed by atoms with Gasteiger partial charge in [-0.15, -0.1) is 12.4 Å². The van der Waals surface area contributed by atoms with E-state index < -0.39 is 0 Å². The Morgan fingerprint density at radius 1 is 1.11 bits per heavy atom. The second-order valence-electron chi connectivity index (χ2n) is 4.37. The van der Waals surface area contributed by atoms with Crippen molar-refractivity contribution in [3.05, 3.63) is 29.8 Å². The van der Waals surface area contributed by atoms with Crippen LogP contribution in [0.5, 0.6) is 5.75 Å². The minimum Gasteiger partial charge on any atom is -0.497 e. The Morgan fingerprint density at radius 3 is 2.39 bits per heavy atom. The highest BCUT2D eigenvalue weighted by Gasteiger charge is 2.07. The maximum absolute atomic E-state index is 5.11. The molecule has 1 aromatic carbocycles. The van der Waals surface area contributed by atoms with Gasteiger partial charge in [-0.3, -0.25) is 4.90 Å². The number of hydrogen-bond donors (Lipinski definition) is 0. The molecule has 0 aliphatic carbocycles. The van der Waals surface area contributed by atoms with E-state index in [0.29, 0.717) is 0 Å². The minimum atomic E-state index is 0. The lowest BCUT2D eigenvalue weighted by Gasteiger charge is -2.23. The summed E-state index contributed by atoms with van der Waals surface area (Å²) >= 11 is 0. The summed E-state index contributed by atoms with van der Waals surface area (Å²) < 4.78 is 5.11. The Labute approximate surface area is 116 Å². The molecule has 0 bridgehead atoms. The normalized spacial score (nSPS) is 15.2. The highest BCUT2D eigenvalue weighted by molar-refractivity contribution is 5.85. The fraction of sp³-hybridized carbons (Fsp3) is 0.467. The number of hydrogen-bond acceptors (Lipinski definition) is 2. The highest BCUT2D eigenvalue weighted by Crippen LogP contribution is 2.10. The number of nitrogens with zero attached hydrogens (tertiary/aromatic N) is 1. The summed E-state index contributed by atoms with van der Waals surface area (Å²) in [5.74, 6) is 7.32. The van der Waals surface area contributed by atoms with Crippen molar-refractivity contribution >= 4 is 12.4 Å². The van der Waals surface area contributed by atoms with Crippen molar-refractivity contribution in [2.24, 2.45) is 0 Å². The number of benzene rings is 1. The highest BCUT2D eigenvalue weighted by atomic mass is 35.5. The third kappa shape index (κ3) is 4.60. The first-order valence-corrected chi connectivity index (χ1v) is 6.24. The topological polar surface area (TPSA) is 12.5 Å². The Bertz CT molecular complexity index is 399. The van der Waals surface area contributed by atoms with Crippen LogP contribution in [0.2, 0.25) is 0 Å². The van der Waals surface area contributed by atoms with Crippen LogP contribution in [-0.4, -0.2) is 31.6 Å². The summed E-state index contributed by atoms with van der Waals surface area (Å²) in [5, 5.41) is 0. The molecule has 3 heteroatoms. The molecule has 1 fully saturated rings. The molecule has 2 nitrogen and oxygen atoms in total. The molecule has 1 aromatic rings. The molecule has 0 radical (unpaired) electrons. The monoisotopic (exact) mass is 265 g/mol. The molecule has 2 rings (SSSR count). The van der Waals surface area contributed by atoms with Gasteiger partial charge in [-0.25, -0.2) is 0 Å². The van der Waals surface area contributed by atoms with Gasteiger partial charge in [-0.05, 0) is 50.2 Å². The molecule has 0 atom stereocenters. The molecule has 0 saturated carbocycles. The lowest BCUT2D eigenvalue weighted by Crippen LogP contribution is -2.29. The fourth-order valence-corrected chi connectivity index (χ4v) is 2.05. The number of piperidine rings is 1. The number of halogens is 1. The van der Waals surface area contributed by atoms with Gasteiger partial charge in [0, 0.05) is 5.56 Å². The molecule has 98 valence electrons. The maximum atomic E-state index is 5.11. The first kappa shape index (κ1) is 14.9. The van der Waals surface area contributed by atoms with Crippen molar-refractivity contribution in [3.8, 4) is 17.6 Å². The van der Waals surface area contributed by atoms with Crippen molar-refractivity contribution in [1.29, 1.82) is 0 Å². The van der Waals surface area contributed by atoms with E-state index in [-0.39, 0.29) is 12.4 Å². The summed E-state index contributed by atoms with van der Waals surface area (Å²) in [7, 11) is 1.68. The standard InChI is InChI=1S/C15H19NO.ClH/c1-17-15-9-7-14(8-10-15)6-5-13-16-11-3-2-4-12-16;/h7-10H,2-4,11-13H2,1H3;1H. The van der Waals surface area contributed by atoms with Gasteiger partial charge in [0.1, 0.15) is 5.75 Å². The number of methoxy groups -OCH3 is 1. The quantitative estimate of drug-likeness (QED) is 0.763. The van der Waals surface area contributed by atoms with E-state index in [4.69, 9.17) is 4.74 Å². The van der Waals surface area contributed by atoms with Crippen LogP contribution < -0.4 is 4.74 Å². The van der Waals surface area contributed by atoms with E-state index in [9.17, 15) is 0 Å². The van der Waals surface area contributed by atoms with Crippen molar-refractivity contribution in [2.75, 3.05) is 26.7 Å². The largest absolute Gasteiger partial charge is 0.497 e. The van der Waals surface area contributed by atoms with E-state index in [1.54, 1.807) is 7.11 Å². The van der Waals surface area contributed by atoms with Gasteiger partial charge in [-0.1, -0.05) is 18.3 Å². The fourth-order valence-electron chi connectivity index (χ4n) is 2.05. The zero-order valence-electron chi connectivity index (χ0n) is 10.8. The first-order valence-electron chi connectivity index (χ1n) is 6.24. The third-order valence-electron chi connectivity index (χ3n) is 3.07. The molecule has 0 amide bonds. The molecule has 1 aliphatic rings. The summed E-state index contributed by atoms with van der Waals surface area (Å²) in [6, 6.07) is 7.90. The zero-order valence-corrected chi connectivity index (χ0v) is 11.6. The van der Waals surface area contributed by atoms with Crippen molar-refractivity contribution in [2.45, 2.75) is 19.3 Å². The van der Waals surface area contributed by atoms with Crippen LogP contribution in [-0.2, 0) is 0 Å². The van der Waals surface area contributed by atoms with Gasteiger partial charge >= 0.3 is 0 Å². The van der Waals surface area contributed by atoms with Crippen LogP contribution in [0.4, 0.5) is 0 Å². The van der Waals surface area contributed by atoms with E-state index in [0.717, 1.165) is 17.9 Å². The van der Waals surface area contributed by atoms with Crippen LogP contribution in [0.25, 0.3) is 0 Å². The second-order valence-corrected chi connectivity index (χ2v) is 4.37. The Kier molecular flexibility index (Phi) is 6.64. The second kappa shape index (κ2) is 8.02. The van der Waals surface area contributed by atoms with Gasteiger partial charge in [0.2, 0.25) is 0 Å². The third-order valence-corrected chi connectivity index (χ3v) is 3.07. The number of ether oxygens (including phenoxy) is 1. The van der Waals surface area contributed by atoms with Gasteiger partial charge in [0.15, 0.2) is 0 Å². The van der Waals surface area contributed by atoms with Gasteiger partial charge in [-0.2, -0.15) is 0 Å². The predicted octanol–water partition coefficient (Wildman–Crippen LogP) is 2.95. The number of rotatable bonds is 2. The molecular formula is C15H20ClNO. The molecule has 1 aliphatic heterocycles. The van der Waals surface area contributed by atoms with Crippen molar-refractivity contribution in [1.82, 2.24) is 4.90 Å². The molecule has 1 saturated heterocycles. The number of likely N-dealkylation sites (tertiary alicyclic amines) is 1. The average Bonchev–Trinajstić information content (AvgIpc) is 2.41. The summed E-state index contributed by atoms with van der Waals surface area (Å²) in [6.07, 6.45) is 4.02. The minimum absolute atomic E-state index is 0. The molecule has 0 spiro atoms. The van der Waals surface area contributed by atoms with Crippen LogP contribution >= 0.6 is 12.4 Å². The van der Waals surface area contributed by atoms with Crippen LogP contribution in [0.1, 0.15) is 24.8 Å². The average molecular weight is 266 g/mol. The Balaban J connectivity index is 0.00000162. The van der Waals surface area contributed by atoms with Gasteiger partial charge in [0.25, 0.3) is 0 Å². The summed E-state index contributed by atoms with van der Waals surface area (Å²) in [5.41, 5.74) is 1.06. The van der Waals surface area contributed by atoms with Crippen molar-refractivity contribution in [3.63, 3.8) is 0 Å². The van der Waals surface area contributed by atoms with Gasteiger partial charge in [0.05, 0.1) is 13.7 Å². The molecule has 18 heavy (non-hydrogen) atoms. The zero-order chi connectivity index (χ0) is 11.9. The summed E-state index contributed by atoms with van der Waals surface area (Å²) in [6.45, 7) is 3.31. The lowest BCUT2D eigenvalue weighted by atomic mass is 10.1. The van der Waals surface area contributed by atoms with Crippen LogP contribution in [0.15, 0.2) is 24.3 Å². The maximum Gasteiger partial charge on any atom is 0.118 e. The Morgan fingerprint density at radius 2 is 1.78 bits per heavy atom. The van der Waals surface area contributed by atoms with E-state index in [1.807, 2.05) is 24.3 Å². The van der Waals surface area contributed by atoms with Crippen LogP contribution in [0.3, 0.4) is 0 Å². The molecular weight excluding hydrogens is 246 g/mol. The first-order chi connectivity index (χ1) is 8.38. The van der Waals surface area contributed by atoms with E-state index >= 15 is 0 Å². The SMILES string of the molecule is COc1ccc(C#CCN2CCCCC2)cc1.Cl. The Hall–Kier alpha value is -1.17. The molecule has 0 unspecified atom stereocenters. The van der Waals surface area contributed by atoms with Crippen molar-refractivity contribution < 1.29 is 4.74 Å².